The van der Waals surface area contributed by atoms with Crippen LogP contribution in [0.1, 0.15) is 31.2 Å². The molecule has 124 valence electrons. The average molecular weight is 316 g/mol. The van der Waals surface area contributed by atoms with Gasteiger partial charge < -0.3 is 15.5 Å². The van der Waals surface area contributed by atoms with E-state index in [9.17, 15) is 9.59 Å². The fraction of sp³-hybridized carbons (Fsp3) is 0.588. The number of amides is 2. The summed E-state index contributed by atoms with van der Waals surface area (Å²) in [5.74, 6) is 0.210. The van der Waals surface area contributed by atoms with E-state index >= 15 is 0 Å². The van der Waals surface area contributed by atoms with Gasteiger partial charge in [-0.3, -0.25) is 14.6 Å². The number of hydrogen-bond donors (Lipinski definition) is 1. The lowest BCUT2D eigenvalue weighted by Gasteiger charge is -2.48. The Morgan fingerprint density at radius 3 is 2.96 bits per heavy atom. The molecule has 3 heterocycles. The van der Waals surface area contributed by atoms with Gasteiger partial charge in [0, 0.05) is 50.4 Å². The molecule has 1 aromatic heterocycles. The van der Waals surface area contributed by atoms with E-state index in [4.69, 9.17) is 5.73 Å². The van der Waals surface area contributed by atoms with Crippen LogP contribution in [-0.4, -0.2) is 52.8 Å². The van der Waals surface area contributed by atoms with E-state index in [1.54, 1.807) is 12.4 Å². The molecule has 0 aromatic carbocycles. The first-order valence-corrected chi connectivity index (χ1v) is 8.26. The van der Waals surface area contributed by atoms with Crippen molar-refractivity contribution in [2.45, 2.75) is 32.2 Å². The second kappa shape index (κ2) is 6.66. The molecule has 6 nitrogen and oxygen atoms in total. The molecule has 1 atom stereocenters. The summed E-state index contributed by atoms with van der Waals surface area (Å²) in [6.45, 7) is 2.89. The molecule has 2 N–H and O–H groups in total. The van der Waals surface area contributed by atoms with Crippen molar-refractivity contribution in [2.75, 3.05) is 26.2 Å². The summed E-state index contributed by atoms with van der Waals surface area (Å²) in [5, 5.41) is 0. The molecule has 0 saturated carbocycles. The summed E-state index contributed by atoms with van der Waals surface area (Å²) >= 11 is 0. The highest BCUT2D eigenvalue weighted by Gasteiger charge is 2.42. The fourth-order valence-corrected chi connectivity index (χ4v) is 3.84. The van der Waals surface area contributed by atoms with Gasteiger partial charge in [-0.2, -0.15) is 0 Å². The maximum Gasteiger partial charge on any atom is 0.236 e. The number of carbonyl (C=O) groups is 2. The molecule has 2 saturated heterocycles. The number of likely N-dealkylation sites (tertiary alicyclic amines) is 2. The summed E-state index contributed by atoms with van der Waals surface area (Å²) in [4.78, 5) is 32.2. The van der Waals surface area contributed by atoms with Gasteiger partial charge in [-0.05, 0) is 30.9 Å². The van der Waals surface area contributed by atoms with Gasteiger partial charge in [0.2, 0.25) is 11.8 Å². The number of aromatic nitrogens is 1. The molecule has 1 spiro atoms. The normalized spacial score (nSPS) is 25.0. The van der Waals surface area contributed by atoms with Crippen molar-refractivity contribution < 1.29 is 9.59 Å². The predicted molar refractivity (Wildman–Crippen MR) is 86.2 cm³/mol. The van der Waals surface area contributed by atoms with Gasteiger partial charge in [-0.25, -0.2) is 0 Å². The second-order valence-corrected chi connectivity index (χ2v) is 6.73. The summed E-state index contributed by atoms with van der Waals surface area (Å²) < 4.78 is 0. The molecular weight excluding hydrogens is 292 g/mol. The Morgan fingerprint density at radius 2 is 2.22 bits per heavy atom. The van der Waals surface area contributed by atoms with Crippen molar-refractivity contribution in [3.63, 3.8) is 0 Å². The van der Waals surface area contributed by atoms with Gasteiger partial charge >= 0.3 is 0 Å². The van der Waals surface area contributed by atoms with E-state index in [2.05, 4.69) is 4.98 Å². The highest BCUT2D eigenvalue weighted by molar-refractivity contribution is 5.79. The van der Waals surface area contributed by atoms with Gasteiger partial charge in [0.05, 0.1) is 6.54 Å². The number of pyridine rings is 1. The zero-order valence-corrected chi connectivity index (χ0v) is 13.4. The van der Waals surface area contributed by atoms with Crippen LogP contribution < -0.4 is 5.73 Å². The molecule has 2 aliphatic heterocycles. The van der Waals surface area contributed by atoms with Gasteiger partial charge in [0.1, 0.15) is 0 Å². The van der Waals surface area contributed by atoms with E-state index < -0.39 is 0 Å². The van der Waals surface area contributed by atoms with Crippen LogP contribution in [0, 0.1) is 5.41 Å². The van der Waals surface area contributed by atoms with E-state index in [-0.39, 0.29) is 23.8 Å². The fourth-order valence-electron chi connectivity index (χ4n) is 3.84. The molecule has 23 heavy (non-hydrogen) atoms. The molecule has 2 aliphatic rings. The number of piperidine rings is 2. The van der Waals surface area contributed by atoms with Gasteiger partial charge in [-0.15, -0.1) is 0 Å². The molecule has 1 unspecified atom stereocenters. The monoisotopic (exact) mass is 316 g/mol. The van der Waals surface area contributed by atoms with Crippen LogP contribution in [0.4, 0.5) is 0 Å². The van der Waals surface area contributed by atoms with E-state index in [0.29, 0.717) is 13.0 Å². The van der Waals surface area contributed by atoms with Crippen molar-refractivity contribution >= 4 is 11.8 Å². The minimum Gasteiger partial charge on any atom is -0.341 e. The molecule has 2 amide bonds. The third-order valence-corrected chi connectivity index (χ3v) is 5.03. The minimum atomic E-state index is 0.0137. The SMILES string of the molecule is NCC(=O)N1CCCC2(CCC(=O)N(Cc3cccnc3)C2)C1. The van der Waals surface area contributed by atoms with Crippen LogP contribution in [0.25, 0.3) is 0 Å². The second-order valence-electron chi connectivity index (χ2n) is 6.73. The molecule has 0 aliphatic carbocycles. The Hall–Kier alpha value is -1.95. The van der Waals surface area contributed by atoms with Crippen LogP contribution in [0.15, 0.2) is 24.5 Å². The van der Waals surface area contributed by atoms with Crippen molar-refractivity contribution in [3.05, 3.63) is 30.1 Å². The van der Waals surface area contributed by atoms with Crippen molar-refractivity contribution in [1.82, 2.24) is 14.8 Å². The highest BCUT2D eigenvalue weighted by atomic mass is 16.2. The van der Waals surface area contributed by atoms with E-state index in [1.807, 2.05) is 21.9 Å². The maximum absolute atomic E-state index is 12.3. The number of carbonyl (C=O) groups excluding carboxylic acids is 2. The van der Waals surface area contributed by atoms with Crippen molar-refractivity contribution in [2.24, 2.45) is 11.1 Å². The van der Waals surface area contributed by atoms with Crippen molar-refractivity contribution in [3.8, 4) is 0 Å². The summed E-state index contributed by atoms with van der Waals surface area (Å²) in [7, 11) is 0. The Morgan fingerprint density at radius 1 is 1.35 bits per heavy atom. The van der Waals surface area contributed by atoms with Gasteiger partial charge in [0.15, 0.2) is 0 Å². The smallest absolute Gasteiger partial charge is 0.236 e. The highest BCUT2D eigenvalue weighted by Crippen LogP contribution is 2.39. The standard InChI is InChI=1S/C17H24N4O2/c18-9-16(23)20-8-2-5-17(12-20)6-4-15(22)21(13-17)11-14-3-1-7-19-10-14/h1,3,7,10H,2,4-6,8-9,11-13,18H2. The largest absolute Gasteiger partial charge is 0.341 e. The number of nitrogens with two attached hydrogens (primary N) is 1. The molecule has 3 rings (SSSR count). The van der Waals surface area contributed by atoms with Crippen molar-refractivity contribution in [1.29, 1.82) is 0 Å². The molecular formula is C17H24N4O2. The Labute approximate surface area is 136 Å². The molecule has 2 fully saturated rings. The Bertz CT molecular complexity index is 577. The van der Waals surface area contributed by atoms with Crippen LogP contribution in [0.5, 0.6) is 0 Å². The average Bonchev–Trinajstić information content (AvgIpc) is 2.59. The third kappa shape index (κ3) is 3.52. The quantitative estimate of drug-likeness (QED) is 0.893. The van der Waals surface area contributed by atoms with E-state index in [0.717, 1.165) is 44.5 Å². The number of rotatable bonds is 3. The first-order valence-electron chi connectivity index (χ1n) is 8.26. The van der Waals surface area contributed by atoms with Crippen LogP contribution in [-0.2, 0) is 16.1 Å². The molecule has 0 bridgehead atoms. The number of nitrogens with zero attached hydrogens (tertiary/aromatic N) is 3. The zero-order chi connectivity index (χ0) is 16.3. The summed E-state index contributed by atoms with van der Waals surface area (Å²) in [6, 6.07) is 3.88. The van der Waals surface area contributed by atoms with E-state index in [1.165, 1.54) is 0 Å². The Balaban J connectivity index is 1.71. The van der Waals surface area contributed by atoms with Crippen LogP contribution >= 0.6 is 0 Å². The van der Waals surface area contributed by atoms with Crippen LogP contribution in [0.2, 0.25) is 0 Å². The van der Waals surface area contributed by atoms with Gasteiger partial charge in [0.25, 0.3) is 0 Å². The summed E-state index contributed by atoms with van der Waals surface area (Å²) in [5.41, 5.74) is 6.58. The lowest BCUT2D eigenvalue weighted by molar-refractivity contribution is -0.143. The topological polar surface area (TPSA) is 79.5 Å². The molecule has 0 radical (unpaired) electrons. The molecule has 1 aromatic rings. The molecule has 6 heteroatoms. The number of hydrogen-bond acceptors (Lipinski definition) is 4. The first-order chi connectivity index (χ1) is 11.1. The summed E-state index contributed by atoms with van der Waals surface area (Å²) in [6.07, 6.45) is 7.02. The zero-order valence-electron chi connectivity index (χ0n) is 13.4. The lowest BCUT2D eigenvalue weighted by atomic mass is 9.73. The predicted octanol–water partition coefficient (Wildman–Crippen LogP) is 0.772. The third-order valence-electron chi connectivity index (χ3n) is 5.03. The lowest BCUT2D eigenvalue weighted by Crippen LogP contribution is -2.55. The minimum absolute atomic E-state index is 0.0137. The van der Waals surface area contributed by atoms with Crippen LogP contribution in [0.3, 0.4) is 0 Å². The Kier molecular flexibility index (Phi) is 4.61. The maximum atomic E-state index is 12.3. The first kappa shape index (κ1) is 15.9. The van der Waals surface area contributed by atoms with Gasteiger partial charge in [-0.1, -0.05) is 6.07 Å².